The van der Waals surface area contributed by atoms with Crippen LogP contribution in [0.4, 0.5) is 17.3 Å². The summed E-state index contributed by atoms with van der Waals surface area (Å²) in [6, 6.07) is 2.65. The van der Waals surface area contributed by atoms with Gasteiger partial charge in [0.25, 0.3) is 5.69 Å². The van der Waals surface area contributed by atoms with Crippen molar-refractivity contribution in [3.05, 3.63) is 22.2 Å². The molecule has 0 aromatic carbocycles. The van der Waals surface area contributed by atoms with Crippen molar-refractivity contribution in [3.8, 4) is 0 Å². The zero-order valence-corrected chi connectivity index (χ0v) is 11.4. The third kappa shape index (κ3) is 5.09. The second kappa shape index (κ2) is 7.52. The molecule has 0 fully saturated rings. The number of hydrogen-bond donors (Lipinski definition) is 2. The Morgan fingerprint density at radius 3 is 2.68 bits per heavy atom. The second-order valence-electron chi connectivity index (χ2n) is 4.20. The lowest BCUT2D eigenvalue weighted by Crippen LogP contribution is -2.25. The zero-order chi connectivity index (χ0) is 14.3. The summed E-state index contributed by atoms with van der Waals surface area (Å²) in [5.74, 6) is 0.603. The first-order valence-electron chi connectivity index (χ1n) is 6.45. The minimum Gasteiger partial charge on any atom is -0.383 e. The largest absolute Gasteiger partial charge is 0.383 e. The summed E-state index contributed by atoms with van der Waals surface area (Å²) >= 11 is 0. The number of nitrogens with two attached hydrogens (primary N) is 1. The first-order chi connectivity index (χ1) is 9.06. The number of pyridine rings is 1. The number of nitrogens with zero attached hydrogens (tertiary/aromatic N) is 3. The molecule has 3 N–H and O–H groups in total. The second-order valence-corrected chi connectivity index (χ2v) is 4.20. The van der Waals surface area contributed by atoms with Crippen LogP contribution in [0.3, 0.4) is 0 Å². The van der Waals surface area contributed by atoms with Gasteiger partial charge in [-0.3, -0.25) is 10.1 Å². The molecule has 19 heavy (non-hydrogen) atoms. The number of rotatable bonds is 8. The van der Waals surface area contributed by atoms with Crippen molar-refractivity contribution in [2.45, 2.75) is 20.3 Å². The van der Waals surface area contributed by atoms with Gasteiger partial charge in [0, 0.05) is 6.54 Å². The molecule has 0 radical (unpaired) electrons. The van der Waals surface area contributed by atoms with E-state index in [2.05, 4.69) is 29.0 Å². The van der Waals surface area contributed by atoms with Gasteiger partial charge < -0.3 is 16.0 Å². The van der Waals surface area contributed by atoms with Gasteiger partial charge in [0.15, 0.2) is 0 Å². The Morgan fingerprint density at radius 1 is 1.42 bits per heavy atom. The third-order valence-corrected chi connectivity index (χ3v) is 2.89. The van der Waals surface area contributed by atoms with Gasteiger partial charge in [-0.1, -0.05) is 13.8 Å². The molecule has 0 unspecified atom stereocenters. The van der Waals surface area contributed by atoms with E-state index in [1.165, 1.54) is 12.1 Å². The molecule has 1 heterocycles. The van der Waals surface area contributed by atoms with Crippen molar-refractivity contribution in [2.24, 2.45) is 0 Å². The van der Waals surface area contributed by atoms with E-state index in [4.69, 9.17) is 5.73 Å². The van der Waals surface area contributed by atoms with Crippen LogP contribution >= 0.6 is 0 Å². The Bertz CT molecular complexity index is 421. The van der Waals surface area contributed by atoms with E-state index in [9.17, 15) is 10.1 Å². The number of hydrogen-bond acceptors (Lipinski definition) is 6. The fraction of sp³-hybridized carbons (Fsp3) is 0.583. The minimum absolute atomic E-state index is 0.0428. The fourth-order valence-electron chi connectivity index (χ4n) is 1.79. The summed E-state index contributed by atoms with van der Waals surface area (Å²) in [4.78, 5) is 16.6. The van der Waals surface area contributed by atoms with Gasteiger partial charge in [-0.25, -0.2) is 4.98 Å². The number of nitrogens with one attached hydrogen (secondary N) is 1. The lowest BCUT2D eigenvalue weighted by atomic mass is 10.3. The number of nitro groups is 1. The summed E-state index contributed by atoms with van der Waals surface area (Å²) in [5, 5.41) is 13.8. The van der Waals surface area contributed by atoms with Crippen LogP contribution in [-0.4, -0.2) is 41.0 Å². The fourth-order valence-corrected chi connectivity index (χ4v) is 1.79. The highest BCUT2D eigenvalue weighted by atomic mass is 16.6. The van der Waals surface area contributed by atoms with Gasteiger partial charge >= 0.3 is 0 Å². The van der Waals surface area contributed by atoms with Gasteiger partial charge in [-0.15, -0.1) is 0 Å². The topological polar surface area (TPSA) is 97.3 Å². The van der Waals surface area contributed by atoms with Crippen LogP contribution in [0.15, 0.2) is 12.1 Å². The monoisotopic (exact) mass is 267 g/mol. The number of nitrogen functional groups attached to an aromatic ring is 1. The quantitative estimate of drug-likeness (QED) is 0.423. The standard InChI is InChI=1S/C12H21N5O2/c1-3-16(4-2)7-5-6-14-12-9-10(17(18)19)8-11(13)15-12/h8-9H,3-7H2,1-2H3,(H3,13,14,15). The lowest BCUT2D eigenvalue weighted by molar-refractivity contribution is -0.384. The van der Waals surface area contributed by atoms with Gasteiger partial charge in [-0.05, 0) is 26.1 Å². The maximum atomic E-state index is 10.7. The summed E-state index contributed by atoms with van der Waals surface area (Å²) < 4.78 is 0. The van der Waals surface area contributed by atoms with Gasteiger partial charge in [-0.2, -0.15) is 0 Å². The zero-order valence-electron chi connectivity index (χ0n) is 11.4. The smallest absolute Gasteiger partial charge is 0.276 e. The molecule has 0 amide bonds. The normalized spacial score (nSPS) is 10.7. The van der Waals surface area contributed by atoms with Crippen LogP contribution in [0.2, 0.25) is 0 Å². The molecule has 0 bridgehead atoms. The Balaban J connectivity index is 2.47. The van der Waals surface area contributed by atoms with Crippen molar-refractivity contribution in [1.29, 1.82) is 0 Å². The molecule has 0 saturated heterocycles. The number of anilines is 2. The van der Waals surface area contributed by atoms with Crippen LogP contribution in [0.25, 0.3) is 0 Å². The molecule has 0 atom stereocenters. The van der Waals surface area contributed by atoms with E-state index in [0.717, 1.165) is 26.1 Å². The van der Waals surface area contributed by atoms with Crippen LogP contribution in [-0.2, 0) is 0 Å². The Hall–Kier alpha value is -1.89. The van der Waals surface area contributed by atoms with E-state index >= 15 is 0 Å². The van der Waals surface area contributed by atoms with Crippen molar-refractivity contribution in [2.75, 3.05) is 37.2 Å². The summed E-state index contributed by atoms with van der Waals surface area (Å²) in [7, 11) is 0. The first-order valence-corrected chi connectivity index (χ1v) is 6.45. The van der Waals surface area contributed by atoms with Gasteiger partial charge in [0.05, 0.1) is 17.1 Å². The van der Waals surface area contributed by atoms with E-state index in [-0.39, 0.29) is 11.5 Å². The van der Waals surface area contributed by atoms with Crippen molar-refractivity contribution in [1.82, 2.24) is 9.88 Å². The minimum atomic E-state index is -0.473. The molecule has 0 aliphatic rings. The molecular formula is C12H21N5O2. The average Bonchev–Trinajstić information content (AvgIpc) is 2.38. The van der Waals surface area contributed by atoms with Crippen molar-refractivity contribution >= 4 is 17.3 Å². The molecular weight excluding hydrogens is 246 g/mol. The highest BCUT2D eigenvalue weighted by Crippen LogP contribution is 2.18. The molecule has 106 valence electrons. The number of aromatic nitrogens is 1. The summed E-state index contributed by atoms with van der Waals surface area (Å²) in [6.45, 7) is 8.00. The van der Waals surface area contributed by atoms with Crippen LogP contribution in [0, 0.1) is 10.1 Å². The lowest BCUT2D eigenvalue weighted by Gasteiger charge is -2.17. The molecule has 0 aliphatic carbocycles. The molecule has 7 nitrogen and oxygen atoms in total. The predicted octanol–water partition coefficient (Wildman–Crippen LogP) is 1.72. The summed E-state index contributed by atoms with van der Waals surface area (Å²) in [5.41, 5.74) is 5.49. The van der Waals surface area contributed by atoms with E-state index in [1.54, 1.807) is 0 Å². The maximum Gasteiger partial charge on any atom is 0.276 e. The Kier molecular flexibility index (Phi) is 6.01. The molecule has 0 spiro atoms. The van der Waals surface area contributed by atoms with Crippen LogP contribution in [0.5, 0.6) is 0 Å². The van der Waals surface area contributed by atoms with E-state index in [1.807, 2.05) is 0 Å². The predicted molar refractivity (Wildman–Crippen MR) is 76.2 cm³/mol. The van der Waals surface area contributed by atoms with Gasteiger partial charge in [0.2, 0.25) is 0 Å². The SMILES string of the molecule is CCN(CC)CCCNc1cc([N+](=O)[O-])cc(N)n1. The van der Waals surface area contributed by atoms with Crippen molar-refractivity contribution in [3.63, 3.8) is 0 Å². The Morgan fingerprint density at radius 2 is 2.11 bits per heavy atom. The summed E-state index contributed by atoms with van der Waals surface area (Å²) in [6.07, 6.45) is 0.950. The molecule has 0 aliphatic heterocycles. The highest BCUT2D eigenvalue weighted by Gasteiger charge is 2.09. The average molecular weight is 267 g/mol. The molecule has 7 heteroatoms. The molecule has 1 aromatic heterocycles. The third-order valence-electron chi connectivity index (χ3n) is 2.89. The van der Waals surface area contributed by atoms with Gasteiger partial charge in [0.1, 0.15) is 11.6 Å². The van der Waals surface area contributed by atoms with E-state index < -0.39 is 4.92 Å². The molecule has 1 rings (SSSR count). The Labute approximate surface area is 113 Å². The van der Waals surface area contributed by atoms with Crippen LogP contribution < -0.4 is 11.1 Å². The van der Waals surface area contributed by atoms with Crippen LogP contribution in [0.1, 0.15) is 20.3 Å². The molecule has 1 aromatic rings. The van der Waals surface area contributed by atoms with Crippen molar-refractivity contribution < 1.29 is 4.92 Å². The molecule has 0 saturated carbocycles. The highest BCUT2D eigenvalue weighted by molar-refractivity contribution is 5.52. The van der Waals surface area contributed by atoms with E-state index in [0.29, 0.717) is 12.4 Å². The first kappa shape index (κ1) is 15.2. The maximum absolute atomic E-state index is 10.7.